The zero-order chi connectivity index (χ0) is 16.5. The molecule has 6 heteroatoms. The average Bonchev–Trinajstić information content (AvgIpc) is 3.25. The molecule has 0 atom stereocenters. The van der Waals surface area contributed by atoms with Crippen molar-refractivity contribution in [2.75, 3.05) is 25.0 Å². The first-order valence-corrected chi connectivity index (χ1v) is 9.14. The van der Waals surface area contributed by atoms with E-state index in [2.05, 4.69) is 26.8 Å². The summed E-state index contributed by atoms with van der Waals surface area (Å²) in [7, 11) is 2.10. The fourth-order valence-corrected chi connectivity index (χ4v) is 4.33. The lowest BCUT2D eigenvalue weighted by Crippen LogP contribution is -2.17. The van der Waals surface area contributed by atoms with E-state index in [1.165, 1.54) is 23.8 Å². The SMILES string of the molecule is CN(Cc1cc2cc(F)ccc2[nH]1)Cc1cnc(N2CCCC2)s1. The fraction of sp³-hybridized carbons (Fsp3) is 0.389. The second-order valence-corrected chi connectivity index (χ2v) is 7.60. The minimum Gasteiger partial charge on any atom is -0.357 e. The van der Waals surface area contributed by atoms with Gasteiger partial charge in [-0.3, -0.25) is 4.90 Å². The van der Waals surface area contributed by atoms with Crippen LogP contribution in [-0.2, 0) is 13.1 Å². The van der Waals surface area contributed by atoms with Gasteiger partial charge in [0.05, 0.1) is 0 Å². The molecule has 1 N–H and O–H groups in total. The number of fused-ring (bicyclic) bond motifs is 1. The lowest BCUT2D eigenvalue weighted by atomic mass is 10.2. The van der Waals surface area contributed by atoms with E-state index >= 15 is 0 Å². The molecule has 3 heterocycles. The molecule has 24 heavy (non-hydrogen) atoms. The maximum Gasteiger partial charge on any atom is 0.185 e. The second kappa shape index (κ2) is 6.53. The Labute approximate surface area is 144 Å². The van der Waals surface area contributed by atoms with Crippen molar-refractivity contribution in [3.8, 4) is 0 Å². The van der Waals surface area contributed by atoms with E-state index in [0.29, 0.717) is 0 Å². The molecule has 3 aromatic rings. The van der Waals surface area contributed by atoms with Crippen LogP contribution in [0.3, 0.4) is 0 Å². The first-order valence-electron chi connectivity index (χ1n) is 8.33. The molecule has 126 valence electrons. The van der Waals surface area contributed by atoms with Gasteiger partial charge in [0, 0.05) is 53.8 Å². The Balaban J connectivity index is 1.41. The third kappa shape index (κ3) is 3.30. The summed E-state index contributed by atoms with van der Waals surface area (Å²) < 4.78 is 13.3. The summed E-state index contributed by atoms with van der Waals surface area (Å²) in [6, 6.07) is 6.88. The maximum atomic E-state index is 13.3. The number of aromatic amines is 1. The lowest BCUT2D eigenvalue weighted by Gasteiger charge is -2.14. The van der Waals surface area contributed by atoms with Gasteiger partial charge >= 0.3 is 0 Å². The van der Waals surface area contributed by atoms with Gasteiger partial charge in [0.2, 0.25) is 0 Å². The van der Waals surface area contributed by atoms with Crippen LogP contribution in [0.5, 0.6) is 0 Å². The maximum absolute atomic E-state index is 13.3. The molecule has 0 amide bonds. The number of hydrogen-bond acceptors (Lipinski definition) is 4. The van der Waals surface area contributed by atoms with Crippen LogP contribution in [0.1, 0.15) is 23.4 Å². The van der Waals surface area contributed by atoms with Gasteiger partial charge in [-0.2, -0.15) is 0 Å². The molecule has 0 saturated carbocycles. The summed E-state index contributed by atoms with van der Waals surface area (Å²) >= 11 is 1.79. The lowest BCUT2D eigenvalue weighted by molar-refractivity contribution is 0.318. The van der Waals surface area contributed by atoms with Crippen molar-refractivity contribution in [2.45, 2.75) is 25.9 Å². The highest BCUT2D eigenvalue weighted by atomic mass is 32.1. The zero-order valence-electron chi connectivity index (χ0n) is 13.8. The number of anilines is 1. The van der Waals surface area contributed by atoms with Gasteiger partial charge in [-0.15, -0.1) is 11.3 Å². The number of thiazole rings is 1. The number of halogens is 1. The highest BCUT2D eigenvalue weighted by Gasteiger charge is 2.16. The monoisotopic (exact) mass is 344 g/mol. The topological polar surface area (TPSA) is 35.2 Å². The van der Waals surface area contributed by atoms with E-state index in [4.69, 9.17) is 0 Å². The summed E-state index contributed by atoms with van der Waals surface area (Å²) in [5.41, 5.74) is 2.08. The summed E-state index contributed by atoms with van der Waals surface area (Å²) in [5, 5.41) is 2.07. The van der Waals surface area contributed by atoms with E-state index in [1.807, 2.05) is 12.3 Å². The van der Waals surface area contributed by atoms with Crippen LogP contribution < -0.4 is 4.90 Å². The molecule has 1 fully saturated rings. The highest BCUT2D eigenvalue weighted by molar-refractivity contribution is 7.15. The third-order valence-electron chi connectivity index (χ3n) is 4.42. The van der Waals surface area contributed by atoms with Gasteiger partial charge < -0.3 is 9.88 Å². The standard InChI is InChI=1S/C18H21FN4S/c1-22(11-15-9-13-8-14(19)4-5-17(13)21-15)12-16-10-20-18(24-16)23-6-2-3-7-23/h4-5,8-10,21H,2-3,6-7,11-12H2,1H3. The fourth-order valence-electron chi connectivity index (χ4n) is 3.29. The van der Waals surface area contributed by atoms with E-state index in [1.54, 1.807) is 23.5 Å². The molecular weight excluding hydrogens is 323 g/mol. The molecule has 4 nitrogen and oxygen atoms in total. The highest BCUT2D eigenvalue weighted by Crippen LogP contribution is 2.27. The molecule has 0 bridgehead atoms. The smallest absolute Gasteiger partial charge is 0.185 e. The predicted octanol–water partition coefficient (Wildman–Crippen LogP) is 4.00. The van der Waals surface area contributed by atoms with Crippen molar-refractivity contribution in [3.05, 3.63) is 46.9 Å². The van der Waals surface area contributed by atoms with Crippen molar-refractivity contribution < 1.29 is 4.39 Å². The summed E-state index contributed by atoms with van der Waals surface area (Å²) in [6.45, 7) is 3.94. The van der Waals surface area contributed by atoms with E-state index in [9.17, 15) is 4.39 Å². The van der Waals surface area contributed by atoms with E-state index < -0.39 is 0 Å². The largest absolute Gasteiger partial charge is 0.357 e. The number of nitrogens with zero attached hydrogens (tertiary/aromatic N) is 3. The van der Waals surface area contributed by atoms with Gasteiger partial charge in [-0.1, -0.05) is 0 Å². The molecule has 4 rings (SSSR count). The van der Waals surface area contributed by atoms with Crippen molar-refractivity contribution in [3.63, 3.8) is 0 Å². The van der Waals surface area contributed by atoms with Crippen molar-refractivity contribution in [1.29, 1.82) is 0 Å². The summed E-state index contributed by atoms with van der Waals surface area (Å²) in [6.07, 6.45) is 4.54. The molecule has 0 aliphatic carbocycles. The van der Waals surface area contributed by atoms with E-state index in [-0.39, 0.29) is 5.82 Å². The van der Waals surface area contributed by atoms with Crippen molar-refractivity contribution in [1.82, 2.24) is 14.9 Å². The van der Waals surface area contributed by atoms with Crippen LogP contribution in [0.15, 0.2) is 30.5 Å². The Morgan fingerprint density at radius 2 is 2.08 bits per heavy atom. The minimum absolute atomic E-state index is 0.194. The molecule has 0 radical (unpaired) electrons. The molecule has 0 unspecified atom stereocenters. The minimum atomic E-state index is -0.194. The number of H-pyrrole nitrogens is 1. The van der Waals surface area contributed by atoms with Crippen LogP contribution in [0.2, 0.25) is 0 Å². The van der Waals surface area contributed by atoms with Crippen molar-refractivity contribution in [2.24, 2.45) is 0 Å². The molecule has 1 aliphatic heterocycles. The van der Waals surface area contributed by atoms with Gasteiger partial charge in [-0.25, -0.2) is 9.37 Å². The molecular formula is C18H21FN4S. The molecule has 1 saturated heterocycles. The number of hydrogen-bond donors (Lipinski definition) is 1. The second-order valence-electron chi connectivity index (χ2n) is 6.50. The van der Waals surface area contributed by atoms with Crippen LogP contribution in [0.4, 0.5) is 9.52 Å². The first kappa shape index (κ1) is 15.6. The van der Waals surface area contributed by atoms with Gasteiger partial charge in [0.1, 0.15) is 5.82 Å². The molecule has 2 aromatic heterocycles. The Kier molecular flexibility index (Phi) is 4.24. The van der Waals surface area contributed by atoms with Crippen LogP contribution in [-0.4, -0.2) is 35.0 Å². The van der Waals surface area contributed by atoms with E-state index in [0.717, 1.165) is 47.9 Å². The average molecular weight is 344 g/mol. The Morgan fingerprint density at radius 1 is 1.25 bits per heavy atom. The summed E-state index contributed by atoms with van der Waals surface area (Å²) in [4.78, 5) is 13.8. The Morgan fingerprint density at radius 3 is 2.92 bits per heavy atom. The molecule has 1 aromatic carbocycles. The number of nitrogens with one attached hydrogen (secondary N) is 1. The Hall–Kier alpha value is -1.92. The van der Waals surface area contributed by atoms with Crippen LogP contribution in [0.25, 0.3) is 10.9 Å². The Bertz CT molecular complexity index is 835. The van der Waals surface area contributed by atoms with Gasteiger partial charge in [-0.05, 0) is 44.2 Å². The number of benzene rings is 1. The normalized spacial score (nSPS) is 15.0. The summed E-state index contributed by atoms with van der Waals surface area (Å²) in [5.74, 6) is -0.194. The molecule has 0 spiro atoms. The number of aromatic nitrogens is 2. The molecule has 1 aliphatic rings. The first-order chi connectivity index (χ1) is 11.7. The van der Waals surface area contributed by atoms with Gasteiger partial charge in [0.15, 0.2) is 5.13 Å². The van der Waals surface area contributed by atoms with Crippen LogP contribution in [0, 0.1) is 5.82 Å². The zero-order valence-corrected chi connectivity index (χ0v) is 14.6. The van der Waals surface area contributed by atoms with Gasteiger partial charge in [0.25, 0.3) is 0 Å². The number of rotatable bonds is 5. The van der Waals surface area contributed by atoms with Crippen LogP contribution >= 0.6 is 11.3 Å². The third-order valence-corrected chi connectivity index (χ3v) is 5.47. The predicted molar refractivity (Wildman–Crippen MR) is 97.0 cm³/mol. The quantitative estimate of drug-likeness (QED) is 0.760. The van der Waals surface area contributed by atoms with Crippen molar-refractivity contribution >= 4 is 27.4 Å².